The van der Waals surface area contributed by atoms with Crippen LogP contribution in [0.2, 0.25) is 0 Å². The van der Waals surface area contributed by atoms with E-state index in [1.54, 1.807) is 0 Å². The summed E-state index contributed by atoms with van der Waals surface area (Å²) in [6.07, 6.45) is -1.24. The van der Waals surface area contributed by atoms with Gasteiger partial charge >= 0.3 is 13.7 Å². The van der Waals surface area contributed by atoms with Gasteiger partial charge in [-0.25, -0.2) is 9.36 Å². The van der Waals surface area contributed by atoms with Crippen molar-refractivity contribution in [2.75, 3.05) is 16.0 Å². The van der Waals surface area contributed by atoms with Crippen molar-refractivity contribution in [1.29, 1.82) is 5.41 Å². The van der Waals surface area contributed by atoms with Gasteiger partial charge < -0.3 is 41.2 Å². The van der Waals surface area contributed by atoms with Crippen LogP contribution in [0.25, 0.3) is 0 Å². The summed E-state index contributed by atoms with van der Waals surface area (Å²) >= 11 is 0. The normalized spacial score (nSPS) is 11.4. The zero-order valence-electron chi connectivity index (χ0n) is 21.0. The number of hydrogen-bond donors (Lipinski definition) is 6. The second-order valence-electron chi connectivity index (χ2n) is 8.08. The first-order valence-electron chi connectivity index (χ1n) is 11.3. The van der Waals surface area contributed by atoms with E-state index in [4.69, 9.17) is 30.7 Å². The Hall–Kier alpha value is -5.03. The molecular formula is C25H27N6O7P. The Bertz CT molecular complexity index is 1330. The minimum absolute atomic E-state index is 0.0789. The van der Waals surface area contributed by atoms with Crippen LogP contribution in [-0.4, -0.2) is 23.9 Å². The average molecular weight is 555 g/mol. The molecule has 0 aliphatic carbocycles. The number of carbonyl (C=O) groups excluding carboxylic acids is 3. The Morgan fingerprint density at radius 3 is 1.46 bits per heavy atom. The zero-order valence-corrected chi connectivity index (χ0v) is 21.9. The quantitative estimate of drug-likeness (QED) is 0.119. The van der Waals surface area contributed by atoms with Crippen molar-refractivity contribution in [2.24, 2.45) is 11.5 Å². The highest BCUT2D eigenvalue weighted by Crippen LogP contribution is 2.60. The number of ether oxygens (including phenoxy) is 1. The average Bonchev–Trinajstić information content (AvgIpc) is 2.84. The van der Waals surface area contributed by atoms with Gasteiger partial charge in [-0.05, 0) is 60.7 Å². The van der Waals surface area contributed by atoms with Gasteiger partial charge in [0, 0.05) is 36.5 Å². The first kappa shape index (κ1) is 28.5. The molecule has 0 aromatic heterocycles. The van der Waals surface area contributed by atoms with E-state index in [1.807, 2.05) is 0 Å². The molecule has 8 N–H and O–H groups in total. The van der Waals surface area contributed by atoms with E-state index in [0.29, 0.717) is 17.1 Å². The Kier molecular flexibility index (Phi) is 9.13. The van der Waals surface area contributed by atoms with Crippen molar-refractivity contribution >= 4 is 48.5 Å². The topological polar surface area (TPSA) is 208 Å². The highest BCUT2D eigenvalue weighted by atomic mass is 31.2. The number of rotatable bonds is 10. The van der Waals surface area contributed by atoms with Crippen LogP contribution in [0.4, 0.5) is 21.9 Å². The molecule has 3 aromatic carbocycles. The smallest absolute Gasteiger partial charge is 0.426 e. The van der Waals surface area contributed by atoms with Crippen LogP contribution in [0.15, 0.2) is 72.8 Å². The highest BCUT2D eigenvalue weighted by Gasteiger charge is 2.44. The van der Waals surface area contributed by atoms with Gasteiger partial charge in [0.1, 0.15) is 11.5 Å². The molecule has 13 nitrogen and oxygen atoms in total. The Morgan fingerprint density at radius 2 is 1.10 bits per heavy atom. The number of amides is 3. The summed E-state index contributed by atoms with van der Waals surface area (Å²) in [6, 6.07) is 17.9. The van der Waals surface area contributed by atoms with Crippen LogP contribution in [0.5, 0.6) is 11.5 Å². The van der Waals surface area contributed by atoms with Gasteiger partial charge in [-0.3, -0.25) is 15.0 Å². The van der Waals surface area contributed by atoms with E-state index in [-0.39, 0.29) is 34.8 Å². The van der Waals surface area contributed by atoms with Crippen LogP contribution in [0, 0.1) is 5.41 Å². The van der Waals surface area contributed by atoms with Gasteiger partial charge in [-0.1, -0.05) is 12.1 Å². The third-order valence-corrected chi connectivity index (χ3v) is 6.71. The second kappa shape index (κ2) is 12.5. The van der Waals surface area contributed by atoms with Crippen LogP contribution < -0.4 is 36.5 Å². The summed E-state index contributed by atoms with van der Waals surface area (Å²) in [5.41, 5.74) is 12.3. The zero-order chi connectivity index (χ0) is 28.6. The molecule has 39 heavy (non-hydrogen) atoms. The number of guanidine groups is 1. The largest absolute Gasteiger partial charge is 0.475 e. The summed E-state index contributed by atoms with van der Waals surface area (Å²) < 4.78 is 31.3. The monoisotopic (exact) mass is 554 g/mol. The summed E-state index contributed by atoms with van der Waals surface area (Å²) in [5.74, 6) is -2.32. The predicted octanol–water partition coefficient (Wildman–Crippen LogP) is 4.35. The minimum atomic E-state index is -4.46. The molecule has 0 aliphatic heterocycles. The molecule has 0 bridgehead atoms. The molecule has 204 valence electrons. The molecule has 0 saturated carbocycles. The fourth-order valence-corrected chi connectivity index (χ4v) is 5.15. The van der Waals surface area contributed by atoms with E-state index >= 15 is 0 Å². The number of nitrogens with two attached hydrogens (primary N) is 2. The fraction of sp³-hybridized carbons (Fsp3) is 0.120. The van der Waals surface area contributed by atoms with Crippen LogP contribution in [-0.2, 0) is 18.9 Å². The maximum Gasteiger partial charge on any atom is 0.475 e. The van der Waals surface area contributed by atoms with Gasteiger partial charge in [0.15, 0.2) is 5.96 Å². The molecule has 1 unspecified atom stereocenters. The first-order valence-corrected chi connectivity index (χ1v) is 13.0. The number of nitrogens with one attached hydrogen (secondary N) is 4. The standard InChI is InChI=1S/C25H27N6O7P/c1-15(32)29-18-7-11-21(12-8-18)37-39(35,38-22-13-9-19(10-14-22)30-16(2)33)23(36-25(28)34)17-3-5-20(6-4-17)31-24(26)27/h3-14,23H,1-2H3,(H2,28,34)(H,29,32)(H,30,33)(H4,26,27,31). The summed E-state index contributed by atoms with van der Waals surface area (Å²) in [7, 11) is -4.46. The van der Waals surface area contributed by atoms with Gasteiger partial charge in [0.05, 0.1) is 0 Å². The third kappa shape index (κ3) is 8.51. The molecule has 1 atom stereocenters. The van der Waals surface area contributed by atoms with E-state index < -0.39 is 19.5 Å². The molecule has 0 aliphatic rings. The molecule has 0 fully saturated rings. The van der Waals surface area contributed by atoms with Gasteiger partial charge in [0.2, 0.25) is 11.8 Å². The lowest BCUT2D eigenvalue weighted by Crippen LogP contribution is -2.22. The molecule has 0 saturated heterocycles. The lowest BCUT2D eigenvalue weighted by atomic mass is 10.2. The number of benzene rings is 3. The SMILES string of the molecule is CC(=O)Nc1ccc(OP(=O)(Oc2ccc(NC(C)=O)cc2)C(OC(N)=O)c2ccc(NC(=N)N)cc2)cc1. The molecule has 14 heteroatoms. The number of carbonyl (C=O) groups is 3. The molecular weight excluding hydrogens is 527 g/mol. The van der Waals surface area contributed by atoms with Crippen LogP contribution in [0.3, 0.4) is 0 Å². The Balaban J connectivity index is 2.02. The lowest BCUT2D eigenvalue weighted by molar-refractivity contribution is -0.115. The summed E-state index contributed by atoms with van der Waals surface area (Å²) in [6.45, 7) is 2.71. The summed E-state index contributed by atoms with van der Waals surface area (Å²) in [4.78, 5) is 34.5. The Labute approximate surface area is 223 Å². The fourth-order valence-electron chi connectivity index (χ4n) is 3.32. The molecule has 3 rings (SSSR count). The lowest BCUT2D eigenvalue weighted by Gasteiger charge is -2.27. The maximum absolute atomic E-state index is 14.4. The van der Waals surface area contributed by atoms with E-state index in [0.717, 1.165) is 0 Å². The van der Waals surface area contributed by atoms with Crippen LogP contribution in [0.1, 0.15) is 25.3 Å². The van der Waals surface area contributed by atoms with Gasteiger partial charge in [-0.2, -0.15) is 0 Å². The van der Waals surface area contributed by atoms with E-state index in [9.17, 15) is 18.9 Å². The minimum Gasteiger partial charge on any atom is -0.426 e. The van der Waals surface area contributed by atoms with Crippen LogP contribution >= 0.6 is 7.60 Å². The molecule has 0 heterocycles. The van der Waals surface area contributed by atoms with Crippen molar-refractivity contribution in [2.45, 2.75) is 19.7 Å². The highest BCUT2D eigenvalue weighted by molar-refractivity contribution is 7.54. The maximum atomic E-state index is 14.4. The molecule has 0 spiro atoms. The number of hydrogen-bond acceptors (Lipinski definition) is 8. The third-order valence-electron chi connectivity index (χ3n) is 4.80. The van der Waals surface area contributed by atoms with Crippen molar-refractivity contribution in [3.8, 4) is 11.5 Å². The predicted molar refractivity (Wildman–Crippen MR) is 146 cm³/mol. The van der Waals surface area contributed by atoms with Gasteiger partial charge in [0.25, 0.3) is 5.85 Å². The number of anilines is 3. The van der Waals surface area contributed by atoms with Crippen molar-refractivity contribution in [1.82, 2.24) is 0 Å². The second-order valence-corrected chi connectivity index (χ2v) is 10.00. The molecule has 0 radical (unpaired) electrons. The van der Waals surface area contributed by atoms with Crippen molar-refractivity contribution in [3.05, 3.63) is 78.4 Å². The van der Waals surface area contributed by atoms with E-state index in [2.05, 4.69) is 16.0 Å². The van der Waals surface area contributed by atoms with Crippen molar-refractivity contribution < 1.29 is 32.7 Å². The first-order chi connectivity index (χ1) is 18.4. The molecule has 3 amide bonds. The summed E-state index contributed by atoms with van der Waals surface area (Å²) in [5, 5.41) is 15.2. The van der Waals surface area contributed by atoms with Gasteiger partial charge in [-0.15, -0.1) is 0 Å². The Morgan fingerprint density at radius 1 is 0.718 bits per heavy atom. The van der Waals surface area contributed by atoms with E-state index in [1.165, 1.54) is 86.6 Å². The molecule has 3 aromatic rings. The van der Waals surface area contributed by atoms with Crippen molar-refractivity contribution in [3.63, 3.8) is 0 Å². The number of primary amides is 1.